The van der Waals surface area contributed by atoms with Crippen LogP contribution in [0, 0.1) is 0 Å². The molecule has 0 radical (unpaired) electrons. The lowest BCUT2D eigenvalue weighted by molar-refractivity contribution is 0.320. The molecular formula is C11H27O2P. The molecule has 0 saturated carbocycles. The molecule has 0 aromatic rings. The zero-order valence-corrected chi connectivity index (χ0v) is 10.9. The van der Waals surface area contributed by atoms with Crippen LogP contribution in [-0.4, -0.2) is 41.8 Å². The Balaban J connectivity index is 0. The van der Waals surface area contributed by atoms with E-state index in [0.717, 1.165) is 6.16 Å². The zero-order valence-electron chi connectivity index (χ0n) is 10.00. The van der Waals surface area contributed by atoms with Gasteiger partial charge in [-0.2, -0.15) is 0 Å². The lowest BCUT2D eigenvalue weighted by Gasteiger charge is -2.25. The van der Waals surface area contributed by atoms with Crippen LogP contribution < -0.4 is 0 Å². The summed E-state index contributed by atoms with van der Waals surface area (Å²) in [6, 6.07) is 0. The highest BCUT2D eigenvalue weighted by atomic mass is 31.2. The van der Waals surface area contributed by atoms with Crippen LogP contribution in [0.3, 0.4) is 0 Å². The molecule has 2 nitrogen and oxygen atoms in total. The third kappa shape index (κ3) is 5.95. The van der Waals surface area contributed by atoms with Gasteiger partial charge in [-0.05, 0) is 19.3 Å². The fourth-order valence-electron chi connectivity index (χ4n) is 2.31. The molecule has 2 N–H and O–H groups in total. The first-order valence-corrected chi connectivity index (χ1v) is 8.23. The van der Waals surface area contributed by atoms with E-state index in [0.29, 0.717) is 6.61 Å². The maximum Gasteiger partial charge on any atom is 0.0825 e. The molecule has 0 amide bonds. The van der Waals surface area contributed by atoms with Crippen molar-refractivity contribution in [2.45, 2.75) is 40.0 Å². The summed E-state index contributed by atoms with van der Waals surface area (Å²) in [5.41, 5.74) is 0. The molecule has 0 aromatic heterocycles. The lowest BCUT2D eigenvalue weighted by Crippen LogP contribution is -2.13. The van der Waals surface area contributed by atoms with Crippen LogP contribution >= 0.6 is 7.26 Å². The first-order valence-electron chi connectivity index (χ1n) is 5.70. The minimum Gasteiger partial charge on any atom is -0.870 e. The van der Waals surface area contributed by atoms with Crippen molar-refractivity contribution in [2.24, 2.45) is 0 Å². The maximum atomic E-state index is 9.11. The summed E-state index contributed by atoms with van der Waals surface area (Å²) in [5.74, 6) is 0. The highest BCUT2D eigenvalue weighted by Crippen LogP contribution is 2.59. The van der Waals surface area contributed by atoms with Crippen molar-refractivity contribution >= 4 is 7.26 Å². The topological polar surface area (TPSA) is 50.2 Å². The number of hydrogen-bond donors (Lipinski definition) is 1. The van der Waals surface area contributed by atoms with Crippen molar-refractivity contribution in [3.63, 3.8) is 0 Å². The van der Waals surface area contributed by atoms with Gasteiger partial charge in [-0.25, -0.2) is 0 Å². The van der Waals surface area contributed by atoms with E-state index in [4.69, 9.17) is 5.11 Å². The standard InChI is InChI=1S/C11H26OP.H2O/c1-4-8-13(9-5-2,10-6-3)11-7-12;/h12H,4-11H2,1-3H3;1H2/q+1;/p-1. The Morgan fingerprint density at radius 3 is 1.36 bits per heavy atom. The molecule has 0 aliphatic heterocycles. The van der Waals surface area contributed by atoms with Crippen molar-refractivity contribution in [1.82, 2.24) is 0 Å². The minimum atomic E-state index is -0.746. The monoisotopic (exact) mass is 222 g/mol. The van der Waals surface area contributed by atoms with E-state index >= 15 is 0 Å². The van der Waals surface area contributed by atoms with Gasteiger partial charge in [0, 0.05) is 7.26 Å². The van der Waals surface area contributed by atoms with Crippen LogP contribution in [0.15, 0.2) is 0 Å². The second-order valence-corrected chi connectivity index (χ2v) is 8.43. The van der Waals surface area contributed by atoms with Gasteiger partial charge in [0.1, 0.15) is 0 Å². The fourth-order valence-corrected chi connectivity index (χ4v) is 6.92. The second kappa shape index (κ2) is 9.89. The zero-order chi connectivity index (χ0) is 10.2. The fraction of sp³-hybridized carbons (Fsp3) is 1.00. The second-order valence-electron chi connectivity index (χ2n) is 3.96. The van der Waals surface area contributed by atoms with Crippen LogP contribution in [0.1, 0.15) is 40.0 Å². The van der Waals surface area contributed by atoms with Gasteiger partial charge >= 0.3 is 0 Å². The van der Waals surface area contributed by atoms with E-state index in [9.17, 15) is 0 Å². The van der Waals surface area contributed by atoms with Gasteiger partial charge in [0.2, 0.25) is 0 Å². The average molecular weight is 222 g/mol. The third-order valence-corrected chi connectivity index (χ3v) is 8.00. The normalized spacial score (nSPS) is 11.1. The molecule has 0 heterocycles. The van der Waals surface area contributed by atoms with Gasteiger partial charge in [-0.1, -0.05) is 20.8 Å². The van der Waals surface area contributed by atoms with Crippen LogP contribution in [0.5, 0.6) is 0 Å². The number of hydrogen-bond acceptors (Lipinski definition) is 2. The quantitative estimate of drug-likeness (QED) is 0.642. The Kier molecular flexibility index (Phi) is 11.8. The first kappa shape index (κ1) is 16.8. The minimum absolute atomic E-state index is 0. The smallest absolute Gasteiger partial charge is 0.0825 e. The molecule has 0 aliphatic carbocycles. The molecule has 0 rings (SSSR count). The molecule has 88 valence electrons. The van der Waals surface area contributed by atoms with Crippen molar-refractivity contribution in [3.8, 4) is 0 Å². The maximum absolute atomic E-state index is 9.11. The highest BCUT2D eigenvalue weighted by molar-refractivity contribution is 7.75. The van der Waals surface area contributed by atoms with Gasteiger partial charge in [0.25, 0.3) is 0 Å². The summed E-state index contributed by atoms with van der Waals surface area (Å²) in [7, 11) is -0.746. The molecule has 14 heavy (non-hydrogen) atoms. The highest BCUT2D eigenvalue weighted by Gasteiger charge is 2.33. The van der Waals surface area contributed by atoms with Crippen molar-refractivity contribution in [3.05, 3.63) is 0 Å². The summed E-state index contributed by atoms with van der Waals surface area (Å²) in [6.45, 7) is 7.24. The van der Waals surface area contributed by atoms with Crippen LogP contribution in [-0.2, 0) is 0 Å². The Labute approximate surface area is 89.7 Å². The van der Waals surface area contributed by atoms with E-state index in [1.807, 2.05) is 0 Å². The average Bonchev–Trinajstić information content (AvgIpc) is 2.06. The molecule has 0 unspecified atom stereocenters. The van der Waals surface area contributed by atoms with E-state index in [-0.39, 0.29) is 5.48 Å². The van der Waals surface area contributed by atoms with E-state index in [2.05, 4.69) is 20.8 Å². The first-order chi connectivity index (χ1) is 6.24. The van der Waals surface area contributed by atoms with Crippen LogP contribution in [0.2, 0.25) is 0 Å². The summed E-state index contributed by atoms with van der Waals surface area (Å²) in [5, 5.41) is 9.11. The molecule has 0 saturated heterocycles. The predicted octanol–water partition coefficient (Wildman–Crippen LogP) is 3.05. The SMILES string of the molecule is CCC[P+](CCC)(CCC)CCO.[OH-]. The summed E-state index contributed by atoms with van der Waals surface area (Å²) >= 11 is 0. The molecule has 3 heteroatoms. The summed E-state index contributed by atoms with van der Waals surface area (Å²) in [4.78, 5) is 0. The molecule has 0 aliphatic rings. The van der Waals surface area contributed by atoms with E-state index in [1.165, 1.54) is 37.7 Å². The van der Waals surface area contributed by atoms with Gasteiger partial charge in [-0.15, -0.1) is 0 Å². The molecule has 0 aromatic carbocycles. The number of aliphatic hydroxyl groups excluding tert-OH is 1. The van der Waals surface area contributed by atoms with Crippen LogP contribution in [0.25, 0.3) is 0 Å². The summed E-state index contributed by atoms with van der Waals surface area (Å²) in [6.07, 6.45) is 9.21. The number of rotatable bonds is 8. The Morgan fingerprint density at radius 1 is 0.786 bits per heavy atom. The molecule has 0 atom stereocenters. The third-order valence-electron chi connectivity index (χ3n) is 2.67. The van der Waals surface area contributed by atoms with Gasteiger partial charge in [0.15, 0.2) is 0 Å². The summed E-state index contributed by atoms with van der Waals surface area (Å²) < 4.78 is 0. The van der Waals surface area contributed by atoms with Crippen molar-refractivity contribution in [1.29, 1.82) is 0 Å². The predicted molar refractivity (Wildman–Crippen MR) is 66.3 cm³/mol. The Hall–Kier alpha value is 0.350. The van der Waals surface area contributed by atoms with Crippen molar-refractivity contribution < 1.29 is 10.6 Å². The van der Waals surface area contributed by atoms with Crippen LogP contribution in [0.4, 0.5) is 0 Å². The lowest BCUT2D eigenvalue weighted by atomic mass is 10.6. The number of aliphatic hydroxyl groups is 1. The molecule has 0 fully saturated rings. The Morgan fingerprint density at radius 2 is 1.14 bits per heavy atom. The van der Waals surface area contributed by atoms with E-state index in [1.54, 1.807) is 0 Å². The van der Waals surface area contributed by atoms with Gasteiger partial charge < -0.3 is 10.6 Å². The van der Waals surface area contributed by atoms with E-state index < -0.39 is 7.26 Å². The molecule has 0 spiro atoms. The van der Waals surface area contributed by atoms with Gasteiger partial charge in [-0.3, -0.25) is 0 Å². The molecule has 0 bridgehead atoms. The van der Waals surface area contributed by atoms with Crippen molar-refractivity contribution in [2.75, 3.05) is 31.3 Å². The van der Waals surface area contributed by atoms with Gasteiger partial charge in [0.05, 0.1) is 31.3 Å². The largest absolute Gasteiger partial charge is 0.870 e. The Bertz CT molecular complexity index is 88.3. The molecular weight excluding hydrogens is 195 g/mol.